The Kier molecular flexibility index (Phi) is 3.59. The van der Waals surface area contributed by atoms with Gasteiger partial charge in [0.05, 0.1) is 10.8 Å². The normalized spacial score (nSPS) is 23.1. The van der Waals surface area contributed by atoms with Crippen LogP contribution in [0.15, 0.2) is 12.4 Å². The van der Waals surface area contributed by atoms with Gasteiger partial charge in [-0.1, -0.05) is 0 Å². The van der Waals surface area contributed by atoms with E-state index in [1.165, 1.54) is 12.4 Å². The van der Waals surface area contributed by atoms with Gasteiger partial charge in [0.1, 0.15) is 12.4 Å². The second kappa shape index (κ2) is 5.17. The second-order valence-corrected chi connectivity index (χ2v) is 4.60. The maximum absolute atomic E-state index is 10.9. The molecule has 1 aliphatic heterocycles. The third-order valence-corrected chi connectivity index (χ3v) is 3.32. The molecule has 0 radical (unpaired) electrons. The molecule has 19 heavy (non-hydrogen) atoms. The Morgan fingerprint density at radius 1 is 1.53 bits per heavy atom. The zero-order valence-electron chi connectivity index (χ0n) is 10.4. The number of nitro groups is 1. The van der Waals surface area contributed by atoms with E-state index in [1.807, 2.05) is 11.8 Å². The third-order valence-electron chi connectivity index (χ3n) is 3.32. The standard InChI is InChI=1S/C11H14N4O4/c1-7-4-8(10(16)17)2-3-14(7)11-12-5-9(6-13-11)15(18)19/h5-8H,2-4H2,1H3,(H,16,17). The SMILES string of the molecule is CC1CC(C(=O)O)CCN1c1ncc([N+](=O)[O-])cn1. The lowest BCUT2D eigenvalue weighted by atomic mass is 9.92. The molecule has 2 unspecified atom stereocenters. The molecule has 8 heteroatoms. The number of aromatic nitrogens is 2. The number of carbonyl (C=O) groups is 1. The fraction of sp³-hybridized carbons (Fsp3) is 0.545. The van der Waals surface area contributed by atoms with Crippen LogP contribution in [0.4, 0.5) is 11.6 Å². The van der Waals surface area contributed by atoms with Crippen molar-refractivity contribution in [2.24, 2.45) is 5.92 Å². The van der Waals surface area contributed by atoms with Crippen molar-refractivity contribution in [3.8, 4) is 0 Å². The first-order valence-electron chi connectivity index (χ1n) is 5.95. The van der Waals surface area contributed by atoms with Crippen molar-refractivity contribution < 1.29 is 14.8 Å². The molecule has 1 fully saturated rings. The van der Waals surface area contributed by atoms with Crippen LogP contribution < -0.4 is 4.90 Å². The highest BCUT2D eigenvalue weighted by Gasteiger charge is 2.31. The second-order valence-electron chi connectivity index (χ2n) is 4.60. The Labute approximate surface area is 109 Å². The van der Waals surface area contributed by atoms with Gasteiger partial charge in [-0.25, -0.2) is 9.97 Å². The minimum atomic E-state index is -0.781. The molecular weight excluding hydrogens is 252 g/mol. The first kappa shape index (κ1) is 13.2. The Morgan fingerprint density at radius 3 is 2.63 bits per heavy atom. The Morgan fingerprint density at radius 2 is 2.16 bits per heavy atom. The summed E-state index contributed by atoms with van der Waals surface area (Å²) in [5.74, 6) is -0.720. The summed E-state index contributed by atoms with van der Waals surface area (Å²) in [5.41, 5.74) is -0.156. The van der Waals surface area contributed by atoms with Gasteiger partial charge < -0.3 is 10.0 Å². The van der Waals surface area contributed by atoms with Crippen LogP contribution in [0.1, 0.15) is 19.8 Å². The molecule has 0 bridgehead atoms. The molecular formula is C11H14N4O4. The van der Waals surface area contributed by atoms with Crippen LogP contribution >= 0.6 is 0 Å². The molecule has 1 aliphatic rings. The molecule has 0 aliphatic carbocycles. The first-order chi connectivity index (χ1) is 8.99. The van der Waals surface area contributed by atoms with E-state index in [2.05, 4.69) is 9.97 Å². The lowest BCUT2D eigenvalue weighted by Crippen LogP contribution is -2.43. The zero-order valence-corrected chi connectivity index (χ0v) is 10.4. The highest BCUT2D eigenvalue weighted by molar-refractivity contribution is 5.70. The first-order valence-corrected chi connectivity index (χ1v) is 5.95. The van der Waals surface area contributed by atoms with Gasteiger partial charge in [-0.2, -0.15) is 0 Å². The van der Waals surface area contributed by atoms with Gasteiger partial charge in [-0.3, -0.25) is 14.9 Å². The molecule has 1 aromatic heterocycles. The summed E-state index contributed by atoms with van der Waals surface area (Å²) in [6.45, 7) is 2.44. The number of piperidine rings is 1. The molecule has 1 saturated heterocycles. The van der Waals surface area contributed by atoms with E-state index >= 15 is 0 Å². The molecule has 8 nitrogen and oxygen atoms in total. The molecule has 1 N–H and O–H groups in total. The smallest absolute Gasteiger partial charge is 0.306 e. The number of carboxylic acid groups (broad SMARTS) is 1. The molecule has 0 spiro atoms. The van der Waals surface area contributed by atoms with E-state index in [9.17, 15) is 14.9 Å². The molecule has 0 aromatic carbocycles. The Balaban J connectivity index is 2.10. The predicted octanol–water partition coefficient (Wildman–Crippen LogP) is 1.07. The van der Waals surface area contributed by atoms with Crippen molar-refractivity contribution in [3.63, 3.8) is 0 Å². The maximum Gasteiger partial charge on any atom is 0.306 e. The monoisotopic (exact) mass is 266 g/mol. The van der Waals surface area contributed by atoms with Crippen molar-refractivity contribution in [1.82, 2.24) is 9.97 Å². The summed E-state index contributed by atoms with van der Waals surface area (Å²) >= 11 is 0. The van der Waals surface area contributed by atoms with E-state index in [-0.39, 0.29) is 17.6 Å². The summed E-state index contributed by atoms with van der Waals surface area (Å²) < 4.78 is 0. The van der Waals surface area contributed by atoms with Gasteiger partial charge in [0, 0.05) is 12.6 Å². The summed E-state index contributed by atoms with van der Waals surface area (Å²) in [6.07, 6.45) is 3.38. The molecule has 2 heterocycles. The van der Waals surface area contributed by atoms with Crippen LogP contribution in [-0.4, -0.2) is 38.6 Å². The van der Waals surface area contributed by atoms with Crippen molar-refractivity contribution in [3.05, 3.63) is 22.5 Å². The van der Waals surface area contributed by atoms with Crippen LogP contribution in [0.5, 0.6) is 0 Å². The largest absolute Gasteiger partial charge is 0.481 e. The quantitative estimate of drug-likeness (QED) is 0.643. The van der Waals surface area contributed by atoms with E-state index in [0.717, 1.165) is 0 Å². The van der Waals surface area contributed by atoms with E-state index < -0.39 is 10.9 Å². The molecule has 1 aromatic rings. The Bertz CT molecular complexity index is 490. The minimum absolute atomic E-state index is 0.00342. The summed E-state index contributed by atoms with van der Waals surface area (Å²) in [7, 11) is 0. The maximum atomic E-state index is 10.9. The number of carboxylic acids is 1. The summed E-state index contributed by atoms with van der Waals surface area (Å²) in [4.78, 5) is 30.7. The average molecular weight is 266 g/mol. The number of hydrogen-bond acceptors (Lipinski definition) is 6. The third kappa shape index (κ3) is 2.78. The van der Waals surface area contributed by atoms with Crippen LogP contribution in [0.2, 0.25) is 0 Å². The van der Waals surface area contributed by atoms with Gasteiger partial charge >= 0.3 is 11.7 Å². The summed E-state index contributed by atoms with van der Waals surface area (Å²) in [6, 6.07) is -0.00342. The summed E-state index contributed by atoms with van der Waals surface area (Å²) in [5, 5.41) is 19.5. The van der Waals surface area contributed by atoms with Crippen molar-refractivity contribution in [2.75, 3.05) is 11.4 Å². The number of nitrogens with zero attached hydrogens (tertiary/aromatic N) is 4. The van der Waals surface area contributed by atoms with E-state index in [0.29, 0.717) is 25.3 Å². The van der Waals surface area contributed by atoms with Crippen molar-refractivity contribution in [1.29, 1.82) is 0 Å². The molecule has 0 saturated carbocycles. The topological polar surface area (TPSA) is 109 Å². The Hall–Kier alpha value is -2.25. The average Bonchev–Trinajstić information content (AvgIpc) is 2.38. The molecule has 102 valence electrons. The van der Waals surface area contributed by atoms with Gasteiger partial charge in [0.15, 0.2) is 0 Å². The lowest BCUT2D eigenvalue weighted by Gasteiger charge is -2.36. The van der Waals surface area contributed by atoms with Crippen LogP contribution in [0, 0.1) is 16.0 Å². The highest BCUT2D eigenvalue weighted by atomic mass is 16.6. The predicted molar refractivity (Wildman–Crippen MR) is 65.9 cm³/mol. The van der Waals surface area contributed by atoms with Gasteiger partial charge in [-0.05, 0) is 19.8 Å². The van der Waals surface area contributed by atoms with E-state index in [1.54, 1.807) is 0 Å². The van der Waals surface area contributed by atoms with Gasteiger partial charge in [0.25, 0.3) is 0 Å². The van der Waals surface area contributed by atoms with E-state index in [4.69, 9.17) is 5.11 Å². The number of anilines is 1. The minimum Gasteiger partial charge on any atom is -0.481 e. The molecule has 2 atom stereocenters. The number of rotatable bonds is 3. The van der Waals surface area contributed by atoms with Crippen molar-refractivity contribution in [2.45, 2.75) is 25.8 Å². The fourth-order valence-corrected chi connectivity index (χ4v) is 2.25. The molecule has 2 rings (SSSR count). The van der Waals surface area contributed by atoms with Gasteiger partial charge in [-0.15, -0.1) is 0 Å². The van der Waals surface area contributed by atoms with Crippen LogP contribution in [-0.2, 0) is 4.79 Å². The van der Waals surface area contributed by atoms with Crippen molar-refractivity contribution >= 4 is 17.6 Å². The highest BCUT2D eigenvalue weighted by Crippen LogP contribution is 2.26. The zero-order chi connectivity index (χ0) is 14.0. The van der Waals surface area contributed by atoms with Crippen LogP contribution in [0.25, 0.3) is 0 Å². The number of hydrogen-bond donors (Lipinski definition) is 1. The number of aliphatic carboxylic acids is 1. The van der Waals surface area contributed by atoms with Gasteiger partial charge in [0.2, 0.25) is 5.95 Å². The molecule has 0 amide bonds. The van der Waals surface area contributed by atoms with Crippen LogP contribution in [0.3, 0.4) is 0 Å². The fourth-order valence-electron chi connectivity index (χ4n) is 2.25. The lowest BCUT2D eigenvalue weighted by molar-refractivity contribution is -0.385.